The summed E-state index contributed by atoms with van der Waals surface area (Å²) in [5.41, 5.74) is 0. The van der Waals surface area contributed by atoms with Crippen LogP contribution in [0.2, 0.25) is 0 Å². The van der Waals surface area contributed by atoms with Crippen molar-refractivity contribution < 1.29 is 70.8 Å². The summed E-state index contributed by atoms with van der Waals surface area (Å²) < 4.78 is 158. The number of alkyl halides is 10. The molecule has 138 valence electrons. The Bertz CT molecular complexity index is 580. The molecule has 0 aromatic rings. The van der Waals surface area contributed by atoms with Crippen molar-refractivity contribution in [3.8, 4) is 0 Å². The lowest BCUT2D eigenvalue weighted by Crippen LogP contribution is -2.63. The molecule has 0 fully saturated rings. The van der Waals surface area contributed by atoms with Crippen molar-refractivity contribution in [2.75, 3.05) is 0 Å². The molecule has 0 spiro atoms. The van der Waals surface area contributed by atoms with Crippen molar-refractivity contribution in [2.45, 2.75) is 29.3 Å². The lowest BCUT2D eigenvalue weighted by atomic mass is 10.2. The van der Waals surface area contributed by atoms with Gasteiger partial charge in [0.2, 0.25) is 0 Å². The van der Waals surface area contributed by atoms with E-state index in [0.29, 0.717) is 0 Å². The topological polar surface area (TPSA) is 80.7 Å². The van der Waals surface area contributed by atoms with E-state index in [9.17, 15) is 61.0 Å². The molecule has 0 aromatic heterocycles. The van der Waals surface area contributed by atoms with Crippen LogP contribution in [0, 0.1) is 0 Å². The first-order chi connectivity index (χ1) is 9.65. The van der Waals surface area contributed by atoms with Crippen LogP contribution in [0.3, 0.4) is 0 Å². The Labute approximate surface area is 117 Å². The predicted molar refractivity (Wildman–Crippen MR) is 43.5 cm³/mol. The maximum Gasteiger partial charge on any atom is 0.460 e. The quantitative estimate of drug-likeness (QED) is 0.553. The van der Waals surface area contributed by atoms with Crippen molar-refractivity contribution in [1.82, 2.24) is 0 Å². The van der Waals surface area contributed by atoms with Gasteiger partial charge in [0.1, 0.15) is 0 Å². The number of hydrogen-bond acceptors (Lipinski definition) is 4. The van der Waals surface area contributed by atoms with Crippen LogP contribution in [-0.2, 0) is 19.8 Å². The molecule has 0 aromatic carbocycles. The zero-order valence-corrected chi connectivity index (χ0v) is 10.5. The second kappa shape index (κ2) is 5.32. The van der Waals surface area contributed by atoms with Crippen LogP contribution in [-0.4, -0.2) is 48.8 Å². The molecule has 0 amide bonds. The summed E-state index contributed by atoms with van der Waals surface area (Å²) in [5, 5.41) is 0.401. The molecule has 0 aliphatic heterocycles. The second-order valence-electron chi connectivity index (χ2n) is 3.55. The van der Waals surface area contributed by atoms with Gasteiger partial charge in [0.25, 0.3) is 0 Å². The molecule has 0 radical (unpaired) electrons. The van der Waals surface area contributed by atoms with E-state index in [2.05, 4.69) is 0 Å². The third-order valence-corrected chi connectivity index (χ3v) is 2.81. The molecule has 1 unspecified atom stereocenters. The molecule has 5 nitrogen and oxygen atoms in total. The van der Waals surface area contributed by atoms with Gasteiger partial charge < -0.3 is 5.11 Å². The number of rotatable bonds is 6. The number of carboxylic acids is 1. The molecule has 0 heterocycles. The fourth-order valence-electron chi connectivity index (χ4n) is 0.786. The second-order valence-corrected chi connectivity index (χ2v) is 4.93. The number of ether oxygens (including phenoxy) is 1. The summed E-state index contributed by atoms with van der Waals surface area (Å²) in [6, 6.07) is 0. The monoisotopic (exact) mass is 394 g/mol. The molecular weight excluding hydrogens is 393 g/mol. The minimum atomic E-state index is -7.85. The van der Waals surface area contributed by atoms with Gasteiger partial charge >= 0.3 is 45.5 Å². The van der Waals surface area contributed by atoms with Crippen LogP contribution in [0.4, 0.5) is 47.8 Å². The average Bonchev–Trinajstić information content (AvgIpc) is 2.24. The molecule has 17 heteroatoms. The van der Waals surface area contributed by atoms with E-state index in [0.717, 1.165) is 0 Å². The Kier molecular flexibility index (Phi) is 5.00. The van der Waals surface area contributed by atoms with E-state index in [4.69, 9.17) is 5.11 Å². The van der Waals surface area contributed by atoms with Gasteiger partial charge in [-0.15, -0.1) is 0 Å². The standard InChI is InChI=1S/C6HF11O5S/c7-2(1(18)19,4(10,11)12)22-5(13,14)3(8,9)6(15,16)23(17,20)21/h(H,18,19). The van der Waals surface area contributed by atoms with Crippen LogP contribution in [0.1, 0.15) is 0 Å². The van der Waals surface area contributed by atoms with Crippen LogP contribution in [0.15, 0.2) is 0 Å². The van der Waals surface area contributed by atoms with Crippen molar-refractivity contribution in [1.29, 1.82) is 0 Å². The summed E-state index contributed by atoms with van der Waals surface area (Å²) in [4.78, 5) is 9.94. The van der Waals surface area contributed by atoms with Gasteiger partial charge in [-0.1, -0.05) is 3.89 Å². The molecule has 23 heavy (non-hydrogen) atoms. The third kappa shape index (κ3) is 3.29. The number of halogens is 11. The molecule has 0 bridgehead atoms. The number of aliphatic carboxylic acids is 1. The summed E-state index contributed by atoms with van der Waals surface area (Å²) in [7, 11) is -7.85. The highest BCUT2D eigenvalue weighted by atomic mass is 32.3. The molecule has 0 aliphatic carbocycles. The van der Waals surface area contributed by atoms with E-state index < -0.39 is 45.5 Å². The summed E-state index contributed by atoms with van der Waals surface area (Å²) in [5.74, 6) is -18.3. The Balaban J connectivity index is 6.15. The molecule has 0 saturated carbocycles. The molecule has 0 rings (SSSR count). The van der Waals surface area contributed by atoms with Gasteiger partial charge in [-0.25, -0.2) is 4.79 Å². The first kappa shape index (κ1) is 21.6. The highest BCUT2D eigenvalue weighted by Crippen LogP contribution is 2.52. The number of carboxylic acid groups (broad SMARTS) is 1. The van der Waals surface area contributed by atoms with E-state index >= 15 is 0 Å². The Hall–Kier alpha value is -1.39. The highest BCUT2D eigenvalue weighted by molar-refractivity contribution is 7.87. The molecule has 1 atom stereocenters. The molecule has 1 N–H and O–H groups in total. The predicted octanol–water partition coefficient (Wildman–Crippen LogP) is 2.44. The van der Waals surface area contributed by atoms with Gasteiger partial charge in [-0.2, -0.15) is 52.3 Å². The van der Waals surface area contributed by atoms with Gasteiger partial charge in [-0.05, 0) is 0 Å². The minimum absolute atomic E-state index is 1.61. The lowest BCUT2D eigenvalue weighted by Gasteiger charge is -2.33. The van der Waals surface area contributed by atoms with Crippen molar-refractivity contribution in [2.24, 2.45) is 0 Å². The van der Waals surface area contributed by atoms with Crippen LogP contribution in [0.5, 0.6) is 0 Å². The van der Waals surface area contributed by atoms with Crippen LogP contribution < -0.4 is 0 Å². The Morgan fingerprint density at radius 2 is 1.22 bits per heavy atom. The zero-order chi connectivity index (χ0) is 19.3. The summed E-state index contributed by atoms with van der Waals surface area (Å²) >= 11 is 0. The maximum atomic E-state index is 12.9. The van der Waals surface area contributed by atoms with Crippen molar-refractivity contribution in [3.05, 3.63) is 0 Å². The van der Waals surface area contributed by atoms with Crippen molar-refractivity contribution >= 4 is 16.2 Å². The van der Waals surface area contributed by atoms with Crippen molar-refractivity contribution in [3.63, 3.8) is 0 Å². The van der Waals surface area contributed by atoms with E-state index in [1.54, 1.807) is 4.74 Å². The summed E-state index contributed by atoms with van der Waals surface area (Å²) in [6.45, 7) is 0. The van der Waals surface area contributed by atoms with E-state index in [1.807, 2.05) is 0 Å². The SMILES string of the molecule is O=C(O)C(F)(OC(F)(F)C(F)(F)C(F)(F)S(=O)(=O)F)C(F)(F)F. The zero-order valence-electron chi connectivity index (χ0n) is 9.65. The van der Waals surface area contributed by atoms with Crippen LogP contribution in [0.25, 0.3) is 0 Å². The fourth-order valence-corrected chi connectivity index (χ4v) is 1.21. The molecule has 0 aliphatic rings. The number of carbonyl (C=O) groups is 1. The first-order valence-electron chi connectivity index (χ1n) is 4.42. The van der Waals surface area contributed by atoms with Gasteiger partial charge in [-0.3, -0.25) is 4.74 Å². The largest absolute Gasteiger partial charge is 0.477 e. The fraction of sp³-hybridized carbons (Fsp3) is 0.833. The van der Waals surface area contributed by atoms with E-state index in [1.165, 1.54) is 0 Å². The van der Waals surface area contributed by atoms with Gasteiger partial charge in [0.15, 0.2) is 0 Å². The first-order valence-corrected chi connectivity index (χ1v) is 5.80. The van der Waals surface area contributed by atoms with Gasteiger partial charge in [0, 0.05) is 0 Å². The maximum absolute atomic E-state index is 12.9. The minimum Gasteiger partial charge on any atom is -0.477 e. The normalized spacial score (nSPS) is 17.7. The van der Waals surface area contributed by atoms with Gasteiger partial charge in [0.05, 0.1) is 0 Å². The summed E-state index contributed by atoms with van der Waals surface area (Å²) in [6.07, 6.45) is -14.4. The highest BCUT2D eigenvalue weighted by Gasteiger charge is 2.83. The smallest absolute Gasteiger partial charge is 0.460 e. The van der Waals surface area contributed by atoms with Crippen LogP contribution >= 0.6 is 0 Å². The third-order valence-electron chi connectivity index (χ3n) is 1.95. The lowest BCUT2D eigenvalue weighted by molar-refractivity contribution is -0.454. The Morgan fingerprint density at radius 1 is 0.870 bits per heavy atom. The van der Waals surface area contributed by atoms with E-state index in [-0.39, 0.29) is 0 Å². The molecule has 0 saturated heterocycles. The average molecular weight is 394 g/mol. The Morgan fingerprint density at radius 3 is 1.43 bits per heavy atom. The molecular formula is C6HF11O5S. The number of hydrogen-bond donors (Lipinski definition) is 1.